The first kappa shape index (κ1) is 26.5. The van der Waals surface area contributed by atoms with Crippen LogP contribution in [0.3, 0.4) is 0 Å². The molecule has 1 aliphatic heterocycles. The molecule has 1 aromatic carbocycles. The summed E-state index contributed by atoms with van der Waals surface area (Å²) in [7, 11) is -3.94. The van der Waals surface area contributed by atoms with Gasteiger partial charge in [-0.15, -0.1) is 10.2 Å². The summed E-state index contributed by atoms with van der Waals surface area (Å²) in [6, 6.07) is 7.76. The number of hydrogen-bond donors (Lipinski definition) is 3. The smallest absolute Gasteiger partial charge is 0.281 e. The van der Waals surface area contributed by atoms with E-state index >= 15 is 0 Å². The molecule has 1 saturated heterocycles. The molecule has 0 spiro atoms. The number of aliphatic hydroxyl groups excluding tert-OH is 1. The van der Waals surface area contributed by atoms with Gasteiger partial charge in [0.15, 0.2) is 5.69 Å². The first-order valence-electron chi connectivity index (χ1n) is 11.0. The molecule has 2 aromatic rings. The van der Waals surface area contributed by atoms with E-state index in [0.717, 1.165) is 17.4 Å². The Labute approximate surface area is 202 Å². The maximum Gasteiger partial charge on any atom is 0.281 e. The van der Waals surface area contributed by atoms with Crippen LogP contribution in [0.5, 0.6) is 5.88 Å². The Hall–Kier alpha value is -3.15. The van der Waals surface area contributed by atoms with Gasteiger partial charge in [0, 0.05) is 18.7 Å². The third-order valence-electron chi connectivity index (χ3n) is 5.40. The molecule has 12 nitrogen and oxygen atoms in total. The zero-order chi connectivity index (χ0) is 25.4. The topological polar surface area (TPSA) is 176 Å². The minimum atomic E-state index is -3.94. The van der Waals surface area contributed by atoms with Gasteiger partial charge in [0.1, 0.15) is 22.2 Å². The van der Waals surface area contributed by atoms with Crippen LogP contribution in [0.15, 0.2) is 44.2 Å². The van der Waals surface area contributed by atoms with Crippen molar-refractivity contribution in [3.63, 3.8) is 0 Å². The van der Waals surface area contributed by atoms with Crippen LogP contribution in [-0.2, 0) is 26.0 Å². The van der Waals surface area contributed by atoms with E-state index in [2.05, 4.69) is 15.0 Å². The molecule has 0 amide bonds. The molecule has 0 radical (unpaired) electrons. The molecular formula is C22H27N5O7S. The number of hydrogen-bond acceptors (Lipinski definition) is 10. The van der Waals surface area contributed by atoms with Gasteiger partial charge in [0.05, 0.1) is 32.5 Å². The number of sulfonamides is 1. The fourth-order valence-corrected chi connectivity index (χ4v) is 4.75. The molecule has 1 unspecified atom stereocenters. The SMILES string of the molecule is Cc1c(C#N)c(O)n(CCOCCO)c(=O)c1N=Nc1ccccc1S(=O)(=O)NCC1CCCO1. The van der Waals surface area contributed by atoms with Crippen molar-refractivity contribution in [2.24, 2.45) is 10.2 Å². The summed E-state index contributed by atoms with van der Waals surface area (Å²) >= 11 is 0. The molecule has 188 valence electrons. The van der Waals surface area contributed by atoms with Crippen LogP contribution in [0.4, 0.5) is 11.4 Å². The van der Waals surface area contributed by atoms with Gasteiger partial charge in [-0.2, -0.15) is 5.26 Å². The van der Waals surface area contributed by atoms with E-state index < -0.39 is 21.5 Å². The van der Waals surface area contributed by atoms with Gasteiger partial charge in [-0.1, -0.05) is 12.1 Å². The Morgan fingerprint density at radius 2 is 2.09 bits per heavy atom. The summed E-state index contributed by atoms with van der Waals surface area (Å²) in [5.41, 5.74) is -1.02. The number of azo groups is 1. The van der Waals surface area contributed by atoms with E-state index in [0.29, 0.717) is 6.61 Å². The largest absolute Gasteiger partial charge is 0.493 e. The summed E-state index contributed by atoms with van der Waals surface area (Å²) in [6.45, 7) is 1.90. The molecule has 1 atom stereocenters. The minimum absolute atomic E-state index is 0.00397. The van der Waals surface area contributed by atoms with Crippen LogP contribution in [0, 0.1) is 18.3 Å². The zero-order valence-electron chi connectivity index (χ0n) is 19.2. The highest BCUT2D eigenvalue weighted by Crippen LogP contribution is 2.29. The predicted molar refractivity (Wildman–Crippen MR) is 125 cm³/mol. The average Bonchev–Trinajstić information content (AvgIpc) is 3.37. The van der Waals surface area contributed by atoms with Crippen LogP contribution in [0.2, 0.25) is 0 Å². The summed E-state index contributed by atoms with van der Waals surface area (Å²) in [5, 5.41) is 36.7. The lowest BCUT2D eigenvalue weighted by molar-refractivity contribution is 0.0854. The third kappa shape index (κ3) is 6.30. The molecule has 1 fully saturated rings. The second-order valence-electron chi connectivity index (χ2n) is 7.73. The number of aromatic nitrogens is 1. The maximum absolute atomic E-state index is 13.0. The van der Waals surface area contributed by atoms with Crippen LogP contribution in [-0.4, -0.2) is 62.3 Å². The number of aliphatic hydroxyl groups is 1. The van der Waals surface area contributed by atoms with Crippen LogP contribution < -0.4 is 10.3 Å². The standard InChI is InChI=1S/C22H27N5O7S/c1-15-17(13-23)21(29)27(8-11-33-12-9-28)22(30)20(15)26-25-18-6-2-3-7-19(18)35(31,32)24-14-16-5-4-10-34-16/h2-3,6-7,16,24,28-29H,4-5,8-12,14H2,1H3. The zero-order valence-corrected chi connectivity index (χ0v) is 20.0. The molecule has 1 aromatic heterocycles. The van der Waals surface area contributed by atoms with E-state index in [9.17, 15) is 23.6 Å². The minimum Gasteiger partial charge on any atom is -0.493 e. The van der Waals surface area contributed by atoms with Crippen molar-refractivity contribution >= 4 is 21.4 Å². The summed E-state index contributed by atoms with van der Waals surface area (Å²) < 4.78 is 39.8. The second kappa shape index (κ2) is 12.0. The number of aromatic hydroxyl groups is 1. The van der Waals surface area contributed by atoms with Crippen molar-refractivity contribution in [1.29, 1.82) is 5.26 Å². The number of rotatable bonds is 11. The number of ether oxygens (including phenoxy) is 2. The Bertz CT molecular complexity index is 1280. The fourth-order valence-electron chi connectivity index (χ4n) is 3.54. The number of benzene rings is 1. The summed E-state index contributed by atoms with van der Waals surface area (Å²) in [6.07, 6.45) is 1.45. The molecular weight excluding hydrogens is 478 g/mol. The lowest BCUT2D eigenvalue weighted by Crippen LogP contribution is -2.31. The number of nitrogens with one attached hydrogen (secondary N) is 1. The molecule has 3 rings (SSSR count). The highest BCUT2D eigenvalue weighted by Gasteiger charge is 2.23. The monoisotopic (exact) mass is 505 g/mol. The molecule has 2 heterocycles. The average molecular weight is 506 g/mol. The quantitative estimate of drug-likeness (QED) is 0.305. The van der Waals surface area contributed by atoms with Crippen LogP contribution >= 0.6 is 0 Å². The maximum atomic E-state index is 13.0. The normalized spacial score (nSPS) is 16.1. The second-order valence-corrected chi connectivity index (χ2v) is 9.47. The Balaban J connectivity index is 1.94. The van der Waals surface area contributed by atoms with Crippen molar-refractivity contribution in [1.82, 2.24) is 9.29 Å². The van der Waals surface area contributed by atoms with Crippen molar-refractivity contribution < 1.29 is 28.1 Å². The van der Waals surface area contributed by atoms with E-state index in [-0.39, 0.29) is 66.4 Å². The van der Waals surface area contributed by atoms with Crippen LogP contribution in [0.25, 0.3) is 0 Å². The van der Waals surface area contributed by atoms with E-state index in [1.54, 1.807) is 12.1 Å². The first-order chi connectivity index (χ1) is 16.8. The first-order valence-corrected chi connectivity index (χ1v) is 12.5. The number of nitriles is 1. The highest BCUT2D eigenvalue weighted by molar-refractivity contribution is 7.89. The van der Waals surface area contributed by atoms with Gasteiger partial charge in [-0.05, 0) is 31.9 Å². The van der Waals surface area contributed by atoms with Gasteiger partial charge < -0.3 is 19.7 Å². The van der Waals surface area contributed by atoms with Gasteiger partial charge in [-0.3, -0.25) is 9.36 Å². The summed E-state index contributed by atoms with van der Waals surface area (Å²) in [4.78, 5) is 12.9. The molecule has 1 aliphatic rings. The Morgan fingerprint density at radius 3 is 2.77 bits per heavy atom. The van der Waals surface area contributed by atoms with Gasteiger partial charge in [-0.25, -0.2) is 13.1 Å². The predicted octanol–water partition coefficient (Wildman–Crippen LogP) is 1.62. The molecule has 13 heteroatoms. The van der Waals surface area contributed by atoms with Gasteiger partial charge >= 0.3 is 0 Å². The number of pyridine rings is 1. The van der Waals surface area contributed by atoms with Crippen molar-refractivity contribution in [3.05, 3.63) is 45.7 Å². The van der Waals surface area contributed by atoms with E-state index in [4.69, 9.17) is 14.6 Å². The van der Waals surface area contributed by atoms with Crippen molar-refractivity contribution in [2.45, 2.75) is 37.3 Å². The molecule has 0 bridgehead atoms. The summed E-state index contributed by atoms with van der Waals surface area (Å²) in [5.74, 6) is -0.539. The third-order valence-corrected chi connectivity index (χ3v) is 6.87. The van der Waals surface area contributed by atoms with E-state index in [1.807, 2.05) is 6.07 Å². The van der Waals surface area contributed by atoms with E-state index in [1.165, 1.54) is 19.1 Å². The van der Waals surface area contributed by atoms with Crippen molar-refractivity contribution in [2.75, 3.05) is 33.0 Å². The van der Waals surface area contributed by atoms with Gasteiger partial charge in [0.2, 0.25) is 15.9 Å². The molecule has 3 N–H and O–H groups in total. The number of nitrogens with zero attached hydrogens (tertiary/aromatic N) is 4. The lowest BCUT2D eigenvalue weighted by Gasteiger charge is -2.13. The molecule has 0 saturated carbocycles. The fraction of sp³-hybridized carbons (Fsp3) is 0.455. The van der Waals surface area contributed by atoms with Crippen LogP contribution in [0.1, 0.15) is 24.0 Å². The Morgan fingerprint density at radius 1 is 1.31 bits per heavy atom. The van der Waals surface area contributed by atoms with Gasteiger partial charge in [0.25, 0.3) is 5.56 Å². The van der Waals surface area contributed by atoms with Crippen molar-refractivity contribution in [3.8, 4) is 11.9 Å². The lowest BCUT2D eigenvalue weighted by atomic mass is 10.1. The molecule has 35 heavy (non-hydrogen) atoms. The Kier molecular flexibility index (Phi) is 9.07. The molecule has 0 aliphatic carbocycles. The highest BCUT2D eigenvalue weighted by atomic mass is 32.2.